The van der Waals surface area contributed by atoms with Crippen LogP contribution < -0.4 is 0 Å². The van der Waals surface area contributed by atoms with Crippen molar-refractivity contribution in [1.29, 1.82) is 0 Å². The Morgan fingerprint density at radius 1 is 1.17 bits per heavy atom. The summed E-state index contributed by atoms with van der Waals surface area (Å²) in [6.45, 7) is 0. The number of nitrogens with zero attached hydrogens (tertiary/aromatic N) is 1. The number of hydrogen-bond acceptors (Lipinski definition) is 3. The molecule has 88 valence electrons. The fourth-order valence-electron chi connectivity index (χ4n) is 2.06. The van der Waals surface area contributed by atoms with Crippen molar-refractivity contribution < 1.29 is 9.90 Å². The number of para-hydroxylation sites is 1. The maximum atomic E-state index is 11.3. The van der Waals surface area contributed by atoms with Crippen LogP contribution in [0.1, 0.15) is 10.4 Å². The van der Waals surface area contributed by atoms with E-state index < -0.39 is 0 Å². The summed E-state index contributed by atoms with van der Waals surface area (Å²) in [6.07, 6.45) is 2.43. The highest BCUT2D eigenvalue weighted by Crippen LogP contribution is 2.33. The molecule has 0 aliphatic heterocycles. The first-order valence-corrected chi connectivity index (χ1v) is 5.51. The van der Waals surface area contributed by atoms with Gasteiger partial charge in [-0.3, -0.25) is 4.79 Å². The molecule has 0 aliphatic rings. The van der Waals surface area contributed by atoms with E-state index in [2.05, 4.69) is 9.97 Å². The van der Waals surface area contributed by atoms with E-state index in [1.807, 2.05) is 12.1 Å². The molecule has 3 aromatic rings. The van der Waals surface area contributed by atoms with E-state index in [4.69, 9.17) is 0 Å². The molecule has 1 aromatic carbocycles. The van der Waals surface area contributed by atoms with Crippen molar-refractivity contribution >= 4 is 17.3 Å². The van der Waals surface area contributed by atoms with Gasteiger partial charge in [0.05, 0.1) is 5.69 Å². The molecular formula is C14H10N2O2. The molecule has 2 heterocycles. The number of carbonyl (C=O) groups excluding carboxylic acids is 1. The van der Waals surface area contributed by atoms with Crippen molar-refractivity contribution in [2.45, 2.75) is 0 Å². The minimum Gasteiger partial charge on any atom is -0.507 e. The van der Waals surface area contributed by atoms with Crippen LogP contribution in [-0.4, -0.2) is 21.4 Å². The maximum absolute atomic E-state index is 11.3. The molecule has 4 nitrogen and oxygen atoms in total. The summed E-state index contributed by atoms with van der Waals surface area (Å²) in [5.41, 5.74) is 2.34. The molecular weight excluding hydrogens is 228 g/mol. The first-order chi connectivity index (χ1) is 8.81. The number of phenols is 1. The summed E-state index contributed by atoms with van der Waals surface area (Å²) < 4.78 is 0. The van der Waals surface area contributed by atoms with E-state index in [0.29, 0.717) is 22.5 Å². The number of aromatic hydroxyl groups is 1. The summed E-state index contributed by atoms with van der Waals surface area (Å²) in [4.78, 5) is 18.5. The van der Waals surface area contributed by atoms with E-state index in [-0.39, 0.29) is 5.75 Å². The molecule has 18 heavy (non-hydrogen) atoms. The number of H-pyrrole nitrogens is 1. The van der Waals surface area contributed by atoms with Gasteiger partial charge in [0, 0.05) is 22.7 Å². The molecule has 0 bridgehead atoms. The number of hydrogen-bond donors (Lipinski definition) is 2. The third-order valence-corrected chi connectivity index (χ3v) is 2.90. The van der Waals surface area contributed by atoms with Gasteiger partial charge in [-0.2, -0.15) is 0 Å². The predicted molar refractivity (Wildman–Crippen MR) is 68.6 cm³/mol. The van der Waals surface area contributed by atoms with Crippen molar-refractivity contribution in [3.63, 3.8) is 0 Å². The lowest BCUT2D eigenvalue weighted by Gasteiger charge is -2.02. The molecule has 0 unspecified atom stereocenters. The van der Waals surface area contributed by atoms with Gasteiger partial charge >= 0.3 is 0 Å². The van der Waals surface area contributed by atoms with Gasteiger partial charge < -0.3 is 10.1 Å². The Morgan fingerprint density at radius 2 is 2.00 bits per heavy atom. The molecule has 0 radical (unpaired) electrons. The molecule has 0 saturated heterocycles. The Balaban J connectivity index is 2.36. The Labute approximate surface area is 103 Å². The smallest absolute Gasteiger partial charge is 0.152 e. The molecule has 0 spiro atoms. The normalized spacial score (nSPS) is 10.7. The van der Waals surface area contributed by atoms with Crippen molar-refractivity contribution in [2.24, 2.45) is 0 Å². The minimum atomic E-state index is 0.132. The number of aromatic amines is 1. The van der Waals surface area contributed by atoms with Gasteiger partial charge in [-0.15, -0.1) is 0 Å². The van der Waals surface area contributed by atoms with Crippen LogP contribution in [0.25, 0.3) is 22.3 Å². The molecule has 2 N–H and O–H groups in total. The summed E-state index contributed by atoms with van der Waals surface area (Å²) in [6, 6.07) is 10.5. The lowest BCUT2D eigenvalue weighted by Crippen LogP contribution is -1.84. The van der Waals surface area contributed by atoms with Gasteiger partial charge in [0.25, 0.3) is 0 Å². The van der Waals surface area contributed by atoms with Crippen LogP contribution >= 0.6 is 0 Å². The van der Waals surface area contributed by atoms with Crippen molar-refractivity contribution in [3.8, 4) is 17.0 Å². The third kappa shape index (κ3) is 1.47. The quantitative estimate of drug-likeness (QED) is 0.674. The van der Waals surface area contributed by atoms with E-state index in [9.17, 15) is 9.90 Å². The zero-order valence-electron chi connectivity index (χ0n) is 9.42. The maximum Gasteiger partial charge on any atom is 0.152 e. The number of aldehydes is 1. The molecule has 3 rings (SSSR count). The van der Waals surface area contributed by atoms with E-state index >= 15 is 0 Å². The number of phenolic OH excluding ortho intramolecular Hbond substituents is 1. The van der Waals surface area contributed by atoms with Gasteiger partial charge in [-0.1, -0.05) is 12.1 Å². The number of benzene rings is 1. The van der Waals surface area contributed by atoms with Crippen LogP contribution in [0.4, 0.5) is 0 Å². The number of aromatic nitrogens is 2. The van der Waals surface area contributed by atoms with Crippen molar-refractivity contribution in [2.75, 3.05) is 0 Å². The van der Waals surface area contributed by atoms with Crippen molar-refractivity contribution in [1.82, 2.24) is 9.97 Å². The molecule has 0 fully saturated rings. The van der Waals surface area contributed by atoms with Gasteiger partial charge in [0.2, 0.25) is 0 Å². The standard InChI is InChI=1S/C14H10N2O2/c17-8-11-9-5-3-7-15-14(9)16-13(11)10-4-1-2-6-12(10)18/h1-8,18H,(H,15,16). The lowest BCUT2D eigenvalue weighted by molar-refractivity contribution is 0.112. The van der Waals surface area contributed by atoms with Crippen LogP contribution in [-0.2, 0) is 0 Å². The molecule has 2 aromatic heterocycles. The van der Waals surface area contributed by atoms with Crippen LogP contribution in [0.15, 0.2) is 42.6 Å². The highest BCUT2D eigenvalue weighted by molar-refractivity contribution is 6.03. The highest BCUT2D eigenvalue weighted by Gasteiger charge is 2.15. The van der Waals surface area contributed by atoms with Crippen LogP contribution in [0.5, 0.6) is 5.75 Å². The molecule has 0 saturated carbocycles. The number of pyridine rings is 1. The van der Waals surface area contributed by atoms with Crippen molar-refractivity contribution in [3.05, 3.63) is 48.2 Å². The average Bonchev–Trinajstić information content (AvgIpc) is 2.77. The molecule has 4 heteroatoms. The van der Waals surface area contributed by atoms with Gasteiger partial charge in [0.1, 0.15) is 11.4 Å². The Bertz CT molecular complexity index is 731. The van der Waals surface area contributed by atoms with Gasteiger partial charge in [-0.05, 0) is 24.3 Å². The van der Waals surface area contributed by atoms with Crippen LogP contribution in [0, 0.1) is 0 Å². The summed E-state index contributed by atoms with van der Waals surface area (Å²) >= 11 is 0. The van der Waals surface area contributed by atoms with E-state index in [1.165, 1.54) is 0 Å². The molecule has 0 atom stereocenters. The summed E-state index contributed by atoms with van der Waals surface area (Å²) in [7, 11) is 0. The lowest BCUT2D eigenvalue weighted by atomic mass is 10.1. The Kier molecular flexibility index (Phi) is 2.34. The van der Waals surface area contributed by atoms with Gasteiger partial charge in [0.15, 0.2) is 6.29 Å². The second-order valence-electron chi connectivity index (χ2n) is 3.95. The first kappa shape index (κ1) is 10.5. The Morgan fingerprint density at radius 3 is 2.78 bits per heavy atom. The SMILES string of the molecule is O=Cc1c(-c2ccccc2O)[nH]c2ncccc12. The fraction of sp³-hybridized carbons (Fsp3) is 0. The third-order valence-electron chi connectivity index (χ3n) is 2.90. The van der Waals surface area contributed by atoms with Crippen LogP contribution in [0.3, 0.4) is 0 Å². The van der Waals surface area contributed by atoms with E-state index in [0.717, 1.165) is 11.7 Å². The topological polar surface area (TPSA) is 66.0 Å². The molecule has 0 aliphatic carbocycles. The number of carbonyl (C=O) groups is 1. The second kappa shape index (κ2) is 4.00. The Hall–Kier alpha value is -2.62. The fourth-order valence-corrected chi connectivity index (χ4v) is 2.06. The number of rotatable bonds is 2. The number of fused-ring (bicyclic) bond motifs is 1. The highest BCUT2D eigenvalue weighted by atomic mass is 16.3. The summed E-state index contributed by atoms with van der Waals surface area (Å²) in [5, 5.41) is 10.6. The zero-order valence-corrected chi connectivity index (χ0v) is 9.42. The predicted octanol–water partition coefficient (Wildman–Crippen LogP) is 2.75. The largest absolute Gasteiger partial charge is 0.507 e. The summed E-state index contributed by atoms with van der Waals surface area (Å²) in [5.74, 6) is 0.132. The number of nitrogens with one attached hydrogen (secondary N) is 1. The zero-order chi connectivity index (χ0) is 12.5. The first-order valence-electron chi connectivity index (χ1n) is 5.51. The van der Waals surface area contributed by atoms with Crippen LogP contribution in [0.2, 0.25) is 0 Å². The molecule has 0 amide bonds. The average molecular weight is 238 g/mol. The van der Waals surface area contributed by atoms with E-state index in [1.54, 1.807) is 30.5 Å². The second-order valence-corrected chi connectivity index (χ2v) is 3.95. The van der Waals surface area contributed by atoms with Gasteiger partial charge in [-0.25, -0.2) is 4.98 Å². The minimum absolute atomic E-state index is 0.132. The monoisotopic (exact) mass is 238 g/mol.